The van der Waals surface area contributed by atoms with Crippen LogP contribution in [0.4, 0.5) is 0 Å². The van der Waals surface area contributed by atoms with Crippen molar-refractivity contribution in [1.82, 2.24) is 4.72 Å². The van der Waals surface area contributed by atoms with Gasteiger partial charge in [0, 0.05) is 12.1 Å². The van der Waals surface area contributed by atoms with Gasteiger partial charge in [-0.3, -0.25) is 0 Å². The number of sulfonamides is 1. The van der Waals surface area contributed by atoms with Crippen molar-refractivity contribution in [3.8, 4) is 0 Å². The molecule has 1 aromatic carbocycles. The zero-order valence-electron chi connectivity index (χ0n) is 9.50. The molecule has 0 unspecified atom stereocenters. The molecule has 1 rings (SSSR count). The van der Waals surface area contributed by atoms with Crippen LogP contribution in [0.2, 0.25) is 10.0 Å². The van der Waals surface area contributed by atoms with Gasteiger partial charge >= 0.3 is 0 Å². The van der Waals surface area contributed by atoms with Crippen LogP contribution in [0.5, 0.6) is 0 Å². The van der Waals surface area contributed by atoms with Crippen LogP contribution in [0.1, 0.15) is 13.8 Å². The van der Waals surface area contributed by atoms with Crippen LogP contribution < -0.4 is 10.5 Å². The quantitative estimate of drug-likeness (QED) is 0.893. The van der Waals surface area contributed by atoms with Crippen LogP contribution in [-0.4, -0.2) is 20.5 Å². The number of rotatable bonds is 4. The van der Waals surface area contributed by atoms with Gasteiger partial charge in [-0.15, -0.1) is 0 Å². The lowest BCUT2D eigenvalue weighted by Gasteiger charge is -2.24. The van der Waals surface area contributed by atoms with Crippen molar-refractivity contribution >= 4 is 33.2 Å². The molecule has 0 spiro atoms. The average molecular weight is 297 g/mol. The summed E-state index contributed by atoms with van der Waals surface area (Å²) in [5.41, 5.74) is 4.73. The van der Waals surface area contributed by atoms with Gasteiger partial charge < -0.3 is 5.73 Å². The maximum atomic E-state index is 12.1. The molecule has 0 radical (unpaired) electrons. The van der Waals surface area contributed by atoms with Crippen molar-refractivity contribution in [2.45, 2.75) is 24.3 Å². The fourth-order valence-electron chi connectivity index (χ4n) is 1.15. The second-order valence-electron chi connectivity index (χ2n) is 4.25. The third-order valence-corrected chi connectivity index (χ3v) is 4.80. The highest BCUT2D eigenvalue weighted by Gasteiger charge is 2.27. The molecule has 1 aromatic rings. The number of hydrogen-bond acceptors (Lipinski definition) is 3. The van der Waals surface area contributed by atoms with Gasteiger partial charge in [-0.25, -0.2) is 13.1 Å². The second kappa shape index (κ2) is 5.12. The number of halogens is 2. The Bertz CT molecular complexity index is 515. The van der Waals surface area contributed by atoms with Gasteiger partial charge in [0.2, 0.25) is 10.0 Å². The predicted octanol–water partition coefficient (Wildman–Crippen LogP) is 2.01. The Balaban J connectivity index is 3.19. The summed E-state index contributed by atoms with van der Waals surface area (Å²) in [5, 5.41) is 0.203. The van der Waals surface area contributed by atoms with E-state index in [0.717, 1.165) is 0 Å². The molecule has 0 bridgehead atoms. The van der Waals surface area contributed by atoms with Crippen LogP contribution in [0.15, 0.2) is 23.1 Å². The molecular formula is C10H14Cl2N2O2S. The molecule has 0 aliphatic rings. The summed E-state index contributed by atoms with van der Waals surface area (Å²) in [6.45, 7) is 3.54. The van der Waals surface area contributed by atoms with Crippen molar-refractivity contribution < 1.29 is 8.42 Å². The maximum Gasteiger partial charge on any atom is 0.242 e. The van der Waals surface area contributed by atoms with Crippen molar-refractivity contribution in [3.63, 3.8) is 0 Å². The van der Waals surface area contributed by atoms with Gasteiger partial charge in [-0.05, 0) is 26.0 Å². The van der Waals surface area contributed by atoms with Crippen molar-refractivity contribution in [2.75, 3.05) is 6.54 Å². The SMILES string of the molecule is CC(C)(CN)NS(=O)(=O)c1cccc(Cl)c1Cl. The molecule has 96 valence electrons. The molecule has 0 aliphatic heterocycles. The summed E-state index contributed by atoms with van der Waals surface area (Å²) in [6.07, 6.45) is 0. The molecule has 0 saturated heterocycles. The number of nitrogens with one attached hydrogen (secondary N) is 1. The molecule has 4 nitrogen and oxygen atoms in total. The summed E-state index contributed by atoms with van der Waals surface area (Å²) < 4.78 is 26.6. The molecule has 0 aromatic heterocycles. The molecular weight excluding hydrogens is 283 g/mol. The van der Waals surface area contributed by atoms with E-state index in [1.54, 1.807) is 13.8 Å². The van der Waals surface area contributed by atoms with Crippen LogP contribution >= 0.6 is 23.2 Å². The first-order chi connectivity index (χ1) is 7.69. The minimum Gasteiger partial charge on any atom is -0.329 e. The molecule has 0 atom stereocenters. The van der Waals surface area contributed by atoms with Crippen molar-refractivity contribution in [2.24, 2.45) is 5.73 Å². The highest BCUT2D eigenvalue weighted by molar-refractivity contribution is 7.89. The molecule has 0 fully saturated rings. The van der Waals surface area contributed by atoms with Crippen molar-refractivity contribution in [3.05, 3.63) is 28.2 Å². The molecule has 0 heterocycles. The summed E-state index contributed by atoms with van der Waals surface area (Å²) in [6, 6.07) is 4.44. The van der Waals surface area contributed by atoms with Crippen molar-refractivity contribution in [1.29, 1.82) is 0 Å². The Hall–Kier alpha value is -0.330. The standard InChI is InChI=1S/C10H14Cl2N2O2S/c1-10(2,6-13)14-17(15,16)8-5-3-4-7(11)9(8)12/h3-5,14H,6,13H2,1-2H3. The first kappa shape index (κ1) is 14.7. The van der Waals surface area contributed by atoms with Gasteiger partial charge in [0.1, 0.15) is 4.90 Å². The predicted molar refractivity (Wildman–Crippen MR) is 69.9 cm³/mol. The van der Waals surface area contributed by atoms with Gasteiger partial charge in [0.05, 0.1) is 10.0 Å². The second-order valence-corrected chi connectivity index (χ2v) is 6.68. The zero-order valence-corrected chi connectivity index (χ0v) is 11.8. The van der Waals surface area contributed by atoms with Crippen LogP contribution in [0.25, 0.3) is 0 Å². The van der Waals surface area contributed by atoms with E-state index in [0.29, 0.717) is 0 Å². The lowest BCUT2D eigenvalue weighted by Crippen LogP contribution is -2.48. The number of nitrogens with two attached hydrogens (primary N) is 1. The zero-order chi connectivity index (χ0) is 13.3. The summed E-state index contributed by atoms with van der Waals surface area (Å²) in [4.78, 5) is -0.0480. The lowest BCUT2D eigenvalue weighted by molar-refractivity contribution is 0.462. The minimum atomic E-state index is -3.73. The average Bonchev–Trinajstić information content (AvgIpc) is 2.20. The fourth-order valence-corrected chi connectivity index (χ4v) is 3.34. The molecule has 0 aliphatic carbocycles. The van der Waals surface area contributed by atoms with Crippen LogP contribution in [0, 0.1) is 0 Å². The van der Waals surface area contributed by atoms with Gasteiger partial charge in [-0.1, -0.05) is 29.3 Å². The van der Waals surface area contributed by atoms with Crippen LogP contribution in [-0.2, 0) is 10.0 Å². The lowest BCUT2D eigenvalue weighted by atomic mass is 10.1. The van der Waals surface area contributed by atoms with Crippen LogP contribution in [0.3, 0.4) is 0 Å². The van der Waals surface area contributed by atoms with E-state index >= 15 is 0 Å². The molecule has 3 N–H and O–H groups in total. The van der Waals surface area contributed by atoms with Gasteiger partial charge in [0.25, 0.3) is 0 Å². The Labute approximate surface area is 111 Å². The fraction of sp³-hybridized carbons (Fsp3) is 0.400. The van der Waals surface area contributed by atoms with E-state index in [4.69, 9.17) is 28.9 Å². The highest BCUT2D eigenvalue weighted by atomic mass is 35.5. The number of hydrogen-bond donors (Lipinski definition) is 2. The maximum absolute atomic E-state index is 12.1. The van der Waals surface area contributed by atoms with E-state index in [-0.39, 0.29) is 21.5 Å². The first-order valence-electron chi connectivity index (χ1n) is 4.88. The summed E-state index contributed by atoms with van der Waals surface area (Å²) in [5.74, 6) is 0. The number of benzene rings is 1. The molecule has 0 amide bonds. The largest absolute Gasteiger partial charge is 0.329 e. The summed E-state index contributed by atoms with van der Waals surface area (Å²) >= 11 is 11.6. The minimum absolute atomic E-state index is 0.00879. The van der Waals surface area contributed by atoms with E-state index < -0.39 is 15.6 Å². The molecule has 17 heavy (non-hydrogen) atoms. The Morgan fingerprint density at radius 3 is 2.47 bits per heavy atom. The Morgan fingerprint density at radius 1 is 1.35 bits per heavy atom. The van der Waals surface area contributed by atoms with E-state index in [1.807, 2.05) is 0 Å². The van der Waals surface area contributed by atoms with Gasteiger partial charge in [-0.2, -0.15) is 0 Å². The van der Waals surface area contributed by atoms with E-state index in [2.05, 4.69) is 4.72 Å². The molecule has 0 saturated carbocycles. The smallest absolute Gasteiger partial charge is 0.242 e. The van der Waals surface area contributed by atoms with Gasteiger partial charge in [0.15, 0.2) is 0 Å². The highest BCUT2D eigenvalue weighted by Crippen LogP contribution is 2.29. The molecule has 7 heteroatoms. The summed E-state index contributed by atoms with van der Waals surface area (Å²) in [7, 11) is -3.73. The monoisotopic (exact) mass is 296 g/mol. The Kier molecular flexibility index (Phi) is 4.43. The first-order valence-corrected chi connectivity index (χ1v) is 7.11. The Morgan fingerprint density at radius 2 is 1.94 bits per heavy atom. The van der Waals surface area contributed by atoms with E-state index in [1.165, 1.54) is 18.2 Å². The topological polar surface area (TPSA) is 72.2 Å². The third kappa shape index (κ3) is 3.56. The third-order valence-electron chi connectivity index (χ3n) is 2.13. The normalized spacial score (nSPS) is 12.8. The van der Waals surface area contributed by atoms with E-state index in [9.17, 15) is 8.42 Å².